The summed E-state index contributed by atoms with van der Waals surface area (Å²) in [6, 6.07) is 9.29. The molecule has 0 saturated heterocycles. The normalized spacial score (nSPS) is 10.4. The number of rotatable bonds is 20. The van der Waals surface area contributed by atoms with Gasteiger partial charge >= 0.3 is 6.09 Å². The monoisotopic (exact) mass is 648 g/mol. The van der Waals surface area contributed by atoms with Crippen molar-refractivity contribution in [1.29, 1.82) is 0 Å². The molecular formula is C33H65ClN4O6. The summed E-state index contributed by atoms with van der Waals surface area (Å²) in [5.74, 6) is 0.682. The number of aliphatic hydroxyl groups excluding tert-OH is 3. The predicted molar refractivity (Wildman–Crippen MR) is 183 cm³/mol. The SMILES string of the molecule is CC(C)(C)OC(=O)NCCCCCCCO.CCCCN.NCCCN(CCCO)CC(=O)c1ccccc1.OCCCCl. The van der Waals surface area contributed by atoms with Gasteiger partial charge in [-0.1, -0.05) is 62.9 Å². The summed E-state index contributed by atoms with van der Waals surface area (Å²) in [7, 11) is 0. The molecule has 0 fully saturated rings. The van der Waals surface area contributed by atoms with Crippen molar-refractivity contribution in [3.63, 3.8) is 0 Å². The van der Waals surface area contributed by atoms with Crippen LogP contribution in [0.25, 0.3) is 0 Å². The van der Waals surface area contributed by atoms with E-state index < -0.39 is 5.60 Å². The summed E-state index contributed by atoms with van der Waals surface area (Å²) in [6.45, 7) is 12.4. The Hall–Kier alpha value is -1.79. The number of carbonyl (C=O) groups is 2. The van der Waals surface area contributed by atoms with Gasteiger partial charge in [-0.2, -0.15) is 0 Å². The highest BCUT2D eigenvalue weighted by Gasteiger charge is 2.15. The standard InChI is InChI=1S/C14H22N2O2.C12H25NO3.C4H11N.C3H7ClO/c15-8-4-9-16(10-5-11-17)12-14(18)13-6-2-1-3-7-13;1-12(2,3)16-11(15)13-9-7-5-4-6-8-10-14;1-2-3-4-5;4-2-1-3-5/h1-3,6-7,17H,4-5,8-12,15H2;14H,4-10H2,1-3H3,(H,13,15);2-5H2,1H3;5H,1-3H2. The Balaban J connectivity index is -0.000000588. The minimum Gasteiger partial charge on any atom is -0.444 e. The van der Waals surface area contributed by atoms with E-state index in [-0.39, 0.29) is 31.7 Å². The fourth-order valence-corrected chi connectivity index (χ4v) is 3.45. The van der Waals surface area contributed by atoms with Crippen LogP contribution < -0.4 is 16.8 Å². The topological polar surface area (TPSA) is 171 Å². The molecule has 0 atom stereocenters. The first-order valence-electron chi connectivity index (χ1n) is 16.1. The molecule has 0 unspecified atom stereocenters. The van der Waals surface area contributed by atoms with Crippen LogP contribution in [0, 0.1) is 0 Å². The van der Waals surface area contributed by atoms with Crippen molar-refractivity contribution in [1.82, 2.24) is 10.2 Å². The van der Waals surface area contributed by atoms with Gasteiger partial charge in [0.05, 0.1) is 6.54 Å². The zero-order valence-electron chi connectivity index (χ0n) is 28.1. The molecule has 11 heteroatoms. The van der Waals surface area contributed by atoms with Crippen LogP contribution in [0.2, 0.25) is 0 Å². The molecule has 0 aliphatic rings. The van der Waals surface area contributed by atoms with Crippen LogP contribution in [0.1, 0.15) is 102 Å². The molecule has 1 rings (SSSR count). The molecule has 44 heavy (non-hydrogen) atoms. The van der Waals surface area contributed by atoms with Crippen molar-refractivity contribution in [3.05, 3.63) is 35.9 Å². The lowest BCUT2D eigenvalue weighted by atomic mass is 10.1. The van der Waals surface area contributed by atoms with Gasteiger partial charge in [0.15, 0.2) is 5.78 Å². The van der Waals surface area contributed by atoms with Gasteiger partial charge in [-0.25, -0.2) is 4.79 Å². The molecule has 260 valence electrons. The van der Waals surface area contributed by atoms with E-state index in [9.17, 15) is 9.59 Å². The second kappa shape index (κ2) is 35.7. The van der Waals surface area contributed by atoms with Gasteiger partial charge in [-0.3, -0.25) is 9.69 Å². The van der Waals surface area contributed by atoms with E-state index in [1.54, 1.807) is 0 Å². The Morgan fingerprint density at radius 2 is 1.36 bits per heavy atom. The minimum atomic E-state index is -0.425. The summed E-state index contributed by atoms with van der Waals surface area (Å²) in [6.07, 6.45) is 9.39. The summed E-state index contributed by atoms with van der Waals surface area (Å²) in [4.78, 5) is 25.3. The molecule has 8 N–H and O–H groups in total. The maximum Gasteiger partial charge on any atom is 0.407 e. The van der Waals surface area contributed by atoms with Crippen molar-refractivity contribution < 1.29 is 29.6 Å². The van der Waals surface area contributed by atoms with Crippen LogP contribution in [-0.2, 0) is 4.74 Å². The molecule has 0 aliphatic carbocycles. The lowest BCUT2D eigenvalue weighted by Crippen LogP contribution is -2.33. The van der Waals surface area contributed by atoms with Crippen LogP contribution >= 0.6 is 11.6 Å². The third-order valence-corrected chi connectivity index (χ3v) is 5.89. The zero-order chi connectivity index (χ0) is 33.9. The van der Waals surface area contributed by atoms with Crippen molar-refractivity contribution in [2.24, 2.45) is 11.5 Å². The van der Waals surface area contributed by atoms with Gasteiger partial charge in [0.2, 0.25) is 0 Å². The Bertz CT molecular complexity index is 721. The van der Waals surface area contributed by atoms with Gasteiger partial charge in [0, 0.05) is 44.4 Å². The van der Waals surface area contributed by atoms with Gasteiger partial charge in [-0.15, -0.1) is 11.6 Å². The quantitative estimate of drug-likeness (QED) is 0.0665. The van der Waals surface area contributed by atoms with Crippen LogP contribution in [-0.4, -0.2) is 103 Å². The molecule has 0 bridgehead atoms. The third kappa shape index (κ3) is 38.2. The number of nitrogens with zero attached hydrogens (tertiary/aromatic N) is 1. The van der Waals surface area contributed by atoms with Gasteiger partial charge in [0.1, 0.15) is 5.60 Å². The molecule has 0 radical (unpaired) electrons. The van der Waals surface area contributed by atoms with Crippen molar-refractivity contribution in [3.8, 4) is 0 Å². The molecule has 1 aromatic carbocycles. The number of aliphatic hydroxyl groups is 3. The summed E-state index contributed by atoms with van der Waals surface area (Å²) in [5.41, 5.74) is 10.9. The first-order valence-corrected chi connectivity index (χ1v) is 16.7. The first kappa shape index (κ1) is 46.6. The fraction of sp³-hybridized carbons (Fsp3) is 0.758. The van der Waals surface area contributed by atoms with E-state index in [2.05, 4.69) is 17.1 Å². The van der Waals surface area contributed by atoms with E-state index in [0.29, 0.717) is 38.4 Å². The number of halogens is 1. The largest absolute Gasteiger partial charge is 0.444 e. The number of ether oxygens (including phenoxy) is 1. The van der Waals surface area contributed by atoms with E-state index in [0.717, 1.165) is 63.7 Å². The number of hydrogen-bond acceptors (Lipinski definition) is 9. The molecular weight excluding hydrogens is 584 g/mol. The summed E-state index contributed by atoms with van der Waals surface area (Å²) in [5, 5.41) is 28.1. The van der Waals surface area contributed by atoms with Crippen LogP contribution in [0.15, 0.2) is 30.3 Å². The lowest BCUT2D eigenvalue weighted by Gasteiger charge is -2.20. The van der Waals surface area contributed by atoms with Gasteiger partial charge in [0.25, 0.3) is 0 Å². The van der Waals surface area contributed by atoms with E-state index in [4.69, 9.17) is 43.1 Å². The number of amides is 1. The number of alkyl carbamates (subject to hydrolysis) is 1. The average Bonchev–Trinajstić information content (AvgIpc) is 2.99. The number of benzene rings is 1. The average molecular weight is 649 g/mol. The smallest absolute Gasteiger partial charge is 0.407 e. The zero-order valence-corrected chi connectivity index (χ0v) is 28.8. The van der Waals surface area contributed by atoms with Crippen LogP contribution in [0.3, 0.4) is 0 Å². The third-order valence-electron chi connectivity index (χ3n) is 5.63. The van der Waals surface area contributed by atoms with E-state index in [1.165, 1.54) is 12.8 Å². The van der Waals surface area contributed by atoms with Gasteiger partial charge in [-0.05, 0) is 78.9 Å². The Labute approximate surface area is 272 Å². The highest BCUT2D eigenvalue weighted by Crippen LogP contribution is 2.07. The molecule has 0 aliphatic heterocycles. The summed E-state index contributed by atoms with van der Waals surface area (Å²) < 4.78 is 5.10. The van der Waals surface area contributed by atoms with Crippen molar-refractivity contribution in [2.45, 2.75) is 97.5 Å². The van der Waals surface area contributed by atoms with Gasteiger partial charge < -0.3 is 36.8 Å². The number of unbranched alkanes of at least 4 members (excludes halogenated alkanes) is 5. The molecule has 1 amide bonds. The number of hydrogen-bond donors (Lipinski definition) is 6. The highest BCUT2D eigenvalue weighted by atomic mass is 35.5. The molecule has 1 aromatic rings. The number of nitrogens with two attached hydrogens (primary N) is 2. The fourth-order valence-electron chi connectivity index (χ4n) is 3.33. The number of nitrogens with one attached hydrogen (secondary N) is 1. The maximum absolute atomic E-state index is 12.0. The number of Topliss-reactive ketones (excluding diaryl/α,β-unsaturated/α-hetero) is 1. The number of carbonyl (C=O) groups excluding carboxylic acids is 2. The number of alkyl halides is 1. The Morgan fingerprint density at radius 1 is 0.818 bits per heavy atom. The van der Waals surface area contributed by atoms with Crippen LogP contribution in [0.5, 0.6) is 0 Å². The Kier molecular flexibility index (Phi) is 37.8. The molecule has 10 nitrogen and oxygen atoms in total. The second-order valence-electron chi connectivity index (χ2n) is 11.1. The van der Waals surface area contributed by atoms with E-state index >= 15 is 0 Å². The molecule has 0 aromatic heterocycles. The second-order valence-corrected chi connectivity index (χ2v) is 11.5. The Morgan fingerprint density at radius 3 is 1.82 bits per heavy atom. The molecule has 0 spiro atoms. The van der Waals surface area contributed by atoms with Crippen LogP contribution in [0.4, 0.5) is 4.79 Å². The number of ketones is 1. The van der Waals surface area contributed by atoms with Crippen molar-refractivity contribution in [2.75, 3.05) is 65.0 Å². The molecule has 0 heterocycles. The highest BCUT2D eigenvalue weighted by molar-refractivity contribution is 6.17. The maximum atomic E-state index is 12.0. The molecule has 0 saturated carbocycles. The van der Waals surface area contributed by atoms with E-state index in [1.807, 2.05) is 51.1 Å². The first-order chi connectivity index (χ1) is 21.1. The predicted octanol–water partition coefficient (Wildman–Crippen LogP) is 4.71. The lowest BCUT2D eigenvalue weighted by molar-refractivity contribution is 0.0526. The summed E-state index contributed by atoms with van der Waals surface area (Å²) >= 11 is 5.14. The minimum absolute atomic E-state index is 0.116. The van der Waals surface area contributed by atoms with Crippen molar-refractivity contribution >= 4 is 23.5 Å².